The van der Waals surface area contributed by atoms with E-state index in [1.807, 2.05) is 54.6 Å². The standard InChI is InChI=1S/C23H20ClNO3/c1-16(28-19-6-4-3-5-7-19)23(25-2)21-13-12-20(14-22(21)26)27-15-17-8-10-18(24)11-9-17/h3-14,26H,1,15H2,2H3. The molecule has 0 radical (unpaired) electrons. The third-order valence-corrected chi connectivity index (χ3v) is 4.27. The van der Waals surface area contributed by atoms with Gasteiger partial charge in [0, 0.05) is 23.7 Å². The maximum atomic E-state index is 10.5. The monoisotopic (exact) mass is 393 g/mol. The van der Waals surface area contributed by atoms with Crippen molar-refractivity contribution in [3.8, 4) is 17.2 Å². The SMILES string of the molecule is C=C(Oc1ccccc1)C(=NC)c1ccc(OCc2ccc(Cl)cc2)cc1O. The highest BCUT2D eigenvalue weighted by atomic mass is 35.5. The number of allylic oxidation sites excluding steroid dienone is 1. The summed E-state index contributed by atoms with van der Waals surface area (Å²) in [4.78, 5) is 4.23. The number of aromatic hydroxyl groups is 1. The van der Waals surface area contributed by atoms with Crippen LogP contribution in [0.2, 0.25) is 5.02 Å². The van der Waals surface area contributed by atoms with Crippen molar-refractivity contribution in [2.75, 3.05) is 7.05 Å². The summed E-state index contributed by atoms with van der Waals surface area (Å²) in [5.74, 6) is 1.57. The normalized spacial score (nSPS) is 11.1. The number of rotatable bonds is 7. The van der Waals surface area contributed by atoms with Gasteiger partial charge in [-0.15, -0.1) is 0 Å². The fourth-order valence-electron chi connectivity index (χ4n) is 2.62. The number of aliphatic imine (C=N–C) groups is 1. The fraction of sp³-hybridized carbons (Fsp3) is 0.0870. The van der Waals surface area contributed by atoms with Crippen LogP contribution in [-0.4, -0.2) is 17.9 Å². The molecule has 0 unspecified atom stereocenters. The summed E-state index contributed by atoms with van der Waals surface area (Å²) >= 11 is 5.88. The van der Waals surface area contributed by atoms with Crippen LogP contribution in [0.25, 0.3) is 0 Å². The van der Waals surface area contributed by atoms with Crippen molar-refractivity contribution in [2.45, 2.75) is 6.61 Å². The minimum atomic E-state index is 0.0343. The van der Waals surface area contributed by atoms with E-state index in [-0.39, 0.29) is 5.75 Å². The molecule has 0 fully saturated rings. The van der Waals surface area contributed by atoms with Gasteiger partial charge in [0.15, 0.2) is 0 Å². The Hall–Kier alpha value is -3.24. The number of ether oxygens (including phenoxy) is 2. The lowest BCUT2D eigenvalue weighted by atomic mass is 10.1. The second-order valence-electron chi connectivity index (χ2n) is 6.00. The Bertz CT molecular complexity index is 982. The molecule has 142 valence electrons. The first-order valence-electron chi connectivity index (χ1n) is 8.66. The second-order valence-corrected chi connectivity index (χ2v) is 6.44. The third-order valence-electron chi connectivity index (χ3n) is 4.02. The van der Waals surface area contributed by atoms with E-state index in [1.54, 1.807) is 25.2 Å². The fourth-order valence-corrected chi connectivity index (χ4v) is 2.75. The number of hydrogen-bond donors (Lipinski definition) is 1. The molecule has 4 nitrogen and oxygen atoms in total. The van der Waals surface area contributed by atoms with E-state index in [4.69, 9.17) is 21.1 Å². The van der Waals surface area contributed by atoms with Crippen molar-refractivity contribution in [3.05, 3.63) is 101 Å². The molecular formula is C23H20ClNO3. The van der Waals surface area contributed by atoms with Crippen molar-refractivity contribution >= 4 is 17.3 Å². The van der Waals surface area contributed by atoms with Crippen LogP contribution < -0.4 is 9.47 Å². The van der Waals surface area contributed by atoms with Crippen LogP contribution in [0.4, 0.5) is 0 Å². The van der Waals surface area contributed by atoms with Gasteiger partial charge in [0.05, 0.1) is 0 Å². The summed E-state index contributed by atoms with van der Waals surface area (Å²) in [6.07, 6.45) is 0. The number of phenols is 1. The number of hydrogen-bond acceptors (Lipinski definition) is 4. The van der Waals surface area contributed by atoms with E-state index in [0.29, 0.717) is 40.2 Å². The van der Waals surface area contributed by atoms with Gasteiger partial charge in [0.25, 0.3) is 0 Å². The van der Waals surface area contributed by atoms with Gasteiger partial charge in [-0.05, 0) is 42.0 Å². The topological polar surface area (TPSA) is 51.0 Å². The lowest BCUT2D eigenvalue weighted by Gasteiger charge is -2.14. The first kappa shape index (κ1) is 19.5. The predicted molar refractivity (Wildman–Crippen MR) is 113 cm³/mol. The molecule has 0 aromatic heterocycles. The minimum absolute atomic E-state index is 0.0343. The Morgan fingerprint density at radius 3 is 2.36 bits per heavy atom. The summed E-state index contributed by atoms with van der Waals surface area (Å²) in [6.45, 7) is 4.31. The lowest BCUT2D eigenvalue weighted by molar-refractivity contribution is 0.304. The molecule has 0 heterocycles. The Balaban J connectivity index is 1.71. The minimum Gasteiger partial charge on any atom is -0.507 e. The molecule has 0 aliphatic heterocycles. The van der Waals surface area contributed by atoms with E-state index in [1.165, 1.54) is 0 Å². The maximum absolute atomic E-state index is 10.5. The van der Waals surface area contributed by atoms with Crippen LogP contribution in [0.1, 0.15) is 11.1 Å². The van der Waals surface area contributed by atoms with Gasteiger partial charge in [-0.2, -0.15) is 0 Å². The Morgan fingerprint density at radius 1 is 1.00 bits per heavy atom. The van der Waals surface area contributed by atoms with Crippen LogP contribution in [0, 0.1) is 0 Å². The average molecular weight is 394 g/mol. The molecule has 5 heteroatoms. The van der Waals surface area contributed by atoms with Gasteiger partial charge < -0.3 is 14.6 Å². The van der Waals surface area contributed by atoms with Crippen molar-refractivity contribution in [3.63, 3.8) is 0 Å². The molecule has 0 saturated carbocycles. The molecule has 3 aromatic rings. The van der Waals surface area contributed by atoms with E-state index >= 15 is 0 Å². The van der Waals surface area contributed by atoms with Crippen LogP contribution >= 0.6 is 11.6 Å². The van der Waals surface area contributed by atoms with Crippen molar-refractivity contribution in [1.29, 1.82) is 0 Å². The number of phenolic OH excluding ortho intramolecular Hbond substituents is 1. The van der Waals surface area contributed by atoms with E-state index in [2.05, 4.69) is 11.6 Å². The quantitative estimate of drug-likeness (QED) is 0.417. The van der Waals surface area contributed by atoms with Gasteiger partial charge in [-0.25, -0.2) is 0 Å². The van der Waals surface area contributed by atoms with Gasteiger partial charge in [0.1, 0.15) is 35.3 Å². The van der Waals surface area contributed by atoms with E-state index in [0.717, 1.165) is 5.56 Å². The molecule has 0 bridgehead atoms. The summed E-state index contributed by atoms with van der Waals surface area (Å²) in [7, 11) is 1.62. The number of benzene rings is 3. The largest absolute Gasteiger partial charge is 0.507 e. The van der Waals surface area contributed by atoms with Gasteiger partial charge >= 0.3 is 0 Å². The molecule has 0 aliphatic carbocycles. The van der Waals surface area contributed by atoms with Crippen molar-refractivity contribution < 1.29 is 14.6 Å². The Kier molecular flexibility index (Phi) is 6.35. The highest BCUT2D eigenvalue weighted by Gasteiger charge is 2.15. The molecular weight excluding hydrogens is 374 g/mol. The summed E-state index contributed by atoms with van der Waals surface area (Å²) in [6, 6.07) is 21.7. The molecule has 3 rings (SSSR count). The van der Waals surface area contributed by atoms with Crippen molar-refractivity contribution in [1.82, 2.24) is 0 Å². The van der Waals surface area contributed by atoms with E-state index < -0.39 is 0 Å². The first-order valence-corrected chi connectivity index (χ1v) is 9.04. The zero-order valence-corrected chi connectivity index (χ0v) is 16.2. The molecule has 1 N–H and O–H groups in total. The number of halogens is 1. The van der Waals surface area contributed by atoms with Crippen molar-refractivity contribution in [2.24, 2.45) is 4.99 Å². The van der Waals surface area contributed by atoms with Crippen LogP contribution in [0.3, 0.4) is 0 Å². The van der Waals surface area contributed by atoms with Crippen LogP contribution in [-0.2, 0) is 6.61 Å². The molecule has 3 aromatic carbocycles. The molecule has 0 amide bonds. The maximum Gasteiger partial charge on any atom is 0.146 e. The molecule has 0 spiro atoms. The van der Waals surface area contributed by atoms with Crippen LogP contribution in [0.15, 0.2) is 90.1 Å². The molecule has 0 atom stereocenters. The Labute approximate surface area is 169 Å². The summed E-state index contributed by atoms with van der Waals surface area (Å²) < 4.78 is 11.5. The zero-order chi connectivity index (χ0) is 19.9. The molecule has 0 saturated heterocycles. The van der Waals surface area contributed by atoms with Crippen LogP contribution in [0.5, 0.6) is 17.2 Å². The van der Waals surface area contributed by atoms with E-state index in [9.17, 15) is 5.11 Å². The number of para-hydroxylation sites is 1. The second kappa shape index (κ2) is 9.11. The number of nitrogens with zero attached hydrogens (tertiary/aromatic N) is 1. The zero-order valence-electron chi connectivity index (χ0n) is 15.4. The first-order chi connectivity index (χ1) is 13.6. The van der Waals surface area contributed by atoms with Gasteiger partial charge in [0.2, 0.25) is 0 Å². The highest BCUT2D eigenvalue weighted by molar-refractivity contribution is 6.30. The molecule has 0 aliphatic rings. The smallest absolute Gasteiger partial charge is 0.146 e. The molecule has 28 heavy (non-hydrogen) atoms. The lowest BCUT2D eigenvalue weighted by Crippen LogP contribution is -2.10. The summed E-state index contributed by atoms with van der Waals surface area (Å²) in [5, 5.41) is 11.1. The average Bonchev–Trinajstić information content (AvgIpc) is 2.70. The van der Waals surface area contributed by atoms with Gasteiger partial charge in [-0.3, -0.25) is 4.99 Å². The predicted octanol–water partition coefficient (Wildman–Crippen LogP) is 5.64. The highest BCUT2D eigenvalue weighted by Crippen LogP contribution is 2.27. The van der Waals surface area contributed by atoms with Gasteiger partial charge in [-0.1, -0.05) is 48.5 Å². The summed E-state index contributed by atoms with van der Waals surface area (Å²) in [5.41, 5.74) is 1.96. The Morgan fingerprint density at radius 2 is 1.71 bits per heavy atom. The third kappa shape index (κ3) is 4.93.